The van der Waals surface area contributed by atoms with Crippen molar-refractivity contribution < 1.29 is 5.11 Å². The first kappa shape index (κ1) is 16.1. The molecule has 2 rings (SSSR count). The Morgan fingerprint density at radius 1 is 1.24 bits per heavy atom. The van der Waals surface area contributed by atoms with Crippen LogP contribution < -0.4 is 5.32 Å². The molecule has 4 heteroatoms. The molecular formula is C17H24N2OS. The van der Waals surface area contributed by atoms with Crippen molar-refractivity contribution >= 4 is 11.3 Å². The van der Waals surface area contributed by atoms with E-state index in [9.17, 15) is 5.11 Å². The lowest BCUT2D eigenvalue weighted by Crippen LogP contribution is -2.34. The van der Waals surface area contributed by atoms with Gasteiger partial charge in [-0.05, 0) is 12.0 Å². The van der Waals surface area contributed by atoms with Gasteiger partial charge in [0, 0.05) is 23.4 Å². The molecule has 1 heterocycles. The minimum atomic E-state index is 0.0622. The van der Waals surface area contributed by atoms with Crippen molar-refractivity contribution in [3.63, 3.8) is 0 Å². The molecule has 1 unspecified atom stereocenters. The molecule has 0 bridgehead atoms. The largest absolute Gasteiger partial charge is 0.395 e. The lowest BCUT2D eigenvalue weighted by Gasteiger charge is -2.16. The summed E-state index contributed by atoms with van der Waals surface area (Å²) in [5.74, 6) is 0. The Morgan fingerprint density at radius 2 is 1.95 bits per heavy atom. The number of benzene rings is 1. The summed E-state index contributed by atoms with van der Waals surface area (Å²) in [4.78, 5) is 4.67. The molecule has 0 fully saturated rings. The molecule has 0 aliphatic rings. The van der Waals surface area contributed by atoms with E-state index in [-0.39, 0.29) is 18.1 Å². The number of thiazole rings is 1. The van der Waals surface area contributed by atoms with Crippen LogP contribution in [0, 0.1) is 0 Å². The highest BCUT2D eigenvalue weighted by Gasteiger charge is 2.18. The maximum absolute atomic E-state index is 9.52. The van der Waals surface area contributed by atoms with Gasteiger partial charge in [0.15, 0.2) is 0 Å². The van der Waals surface area contributed by atoms with Gasteiger partial charge in [0.25, 0.3) is 0 Å². The molecule has 0 amide bonds. The lowest BCUT2D eigenvalue weighted by molar-refractivity contribution is 0.240. The van der Waals surface area contributed by atoms with Crippen LogP contribution in [0.1, 0.15) is 37.0 Å². The number of aliphatic hydroxyl groups excluding tert-OH is 1. The molecule has 0 saturated heterocycles. The molecule has 0 spiro atoms. The first-order chi connectivity index (χ1) is 9.99. The van der Waals surface area contributed by atoms with Crippen LogP contribution in [0.2, 0.25) is 0 Å². The predicted molar refractivity (Wildman–Crippen MR) is 88.7 cm³/mol. The van der Waals surface area contributed by atoms with Gasteiger partial charge in [0.1, 0.15) is 0 Å². The Morgan fingerprint density at radius 3 is 2.52 bits per heavy atom. The van der Waals surface area contributed by atoms with Crippen LogP contribution >= 0.6 is 11.3 Å². The van der Waals surface area contributed by atoms with Crippen molar-refractivity contribution in [3.05, 3.63) is 52.0 Å². The minimum absolute atomic E-state index is 0.0622. The second kappa shape index (κ2) is 7.16. The Hall–Kier alpha value is -1.23. The Balaban J connectivity index is 1.90. The average Bonchev–Trinajstić information content (AvgIpc) is 2.93. The fourth-order valence-electron chi connectivity index (χ4n) is 2.08. The summed E-state index contributed by atoms with van der Waals surface area (Å²) in [5.41, 5.74) is 2.39. The van der Waals surface area contributed by atoms with Crippen LogP contribution in [0.3, 0.4) is 0 Å². The number of nitrogens with zero attached hydrogens (tertiary/aromatic N) is 1. The molecule has 1 atom stereocenters. The van der Waals surface area contributed by atoms with E-state index in [1.54, 1.807) is 11.3 Å². The van der Waals surface area contributed by atoms with Crippen LogP contribution in [0.4, 0.5) is 0 Å². The highest BCUT2D eigenvalue weighted by Crippen LogP contribution is 2.25. The van der Waals surface area contributed by atoms with Gasteiger partial charge in [-0.1, -0.05) is 51.1 Å². The first-order valence-corrected chi connectivity index (χ1v) is 8.20. The number of hydrogen-bond acceptors (Lipinski definition) is 4. The van der Waals surface area contributed by atoms with Crippen molar-refractivity contribution in [1.82, 2.24) is 10.3 Å². The maximum atomic E-state index is 9.52. The Labute approximate surface area is 131 Å². The fourth-order valence-corrected chi connectivity index (χ4v) is 2.99. The van der Waals surface area contributed by atoms with Crippen LogP contribution in [0.15, 0.2) is 35.7 Å². The van der Waals surface area contributed by atoms with E-state index >= 15 is 0 Å². The molecule has 1 aromatic heterocycles. The Kier molecular flexibility index (Phi) is 5.51. The van der Waals surface area contributed by atoms with Crippen molar-refractivity contribution in [2.75, 3.05) is 6.61 Å². The van der Waals surface area contributed by atoms with Gasteiger partial charge < -0.3 is 10.4 Å². The molecule has 0 radical (unpaired) electrons. The summed E-state index contributed by atoms with van der Waals surface area (Å²) in [6, 6.07) is 10.3. The van der Waals surface area contributed by atoms with Crippen molar-refractivity contribution in [2.24, 2.45) is 0 Å². The monoisotopic (exact) mass is 304 g/mol. The zero-order valence-electron chi connectivity index (χ0n) is 13.0. The van der Waals surface area contributed by atoms with Crippen molar-refractivity contribution in [3.8, 4) is 0 Å². The number of nitrogens with one attached hydrogen (secondary N) is 1. The highest BCUT2D eigenvalue weighted by molar-refractivity contribution is 7.09. The molecule has 2 N–H and O–H groups in total. The van der Waals surface area contributed by atoms with Crippen LogP contribution in [0.25, 0.3) is 0 Å². The zero-order valence-corrected chi connectivity index (χ0v) is 13.8. The van der Waals surface area contributed by atoms with Gasteiger partial charge in [-0.2, -0.15) is 0 Å². The van der Waals surface area contributed by atoms with Gasteiger partial charge in [-0.25, -0.2) is 4.98 Å². The smallest absolute Gasteiger partial charge is 0.0982 e. The summed E-state index contributed by atoms with van der Waals surface area (Å²) < 4.78 is 0. The van der Waals surface area contributed by atoms with Gasteiger partial charge in [-0.15, -0.1) is 11.3 Å². The van der Waals surface area contributed by atoms with Crippen LogP contribution in [0.5, 0.6) is 0 Å². The zero-order chi connectivity index (χ0) is 15.3. The van der Waals surface area contributed by atoms with E-state index in [4.69, 9.17) is 0 Å². The normalized spacial score (nSPS) is 13.3. The van der Waals surface area contributed by atoms with E-state index < -0.39 is 0 Å². The molecular weight excluding hydrogens is 280 g/mol. The summed E-state index contributed by atoms with van der Waals surface area (Å²) in [6.07, 6.45) is 0.827. The number of aromatic nitrogens is 1. The quantitative estimate of drug-likeness (QED) is 0.862. The average molecular weight is 304 g/mol. The molecule has 3 nitrogen and oxygen atoms in total. The summed E-state index contributed by atoms with van der Waals surface area (Å²) in [5, 5.41) is 16.2. The molecule has 2 aromatic rings. The molecule has 114 valence electrons. The molecule has 0 saturated carbocycles. The topological polar surface area (TPSA) is 45.2 Å². The van der Waals surface area contributed by atoms with Crippen molar-refractivity contribution in [1.29, 1.82) is 0 Å². The summed E-state index contributed by atoms with van der Waals surface area (Å²) >= 11 is 1.71. The van der Waals surface area contributed by atoms with Crippen molar-refractivity contribution in [2.45, 2.75) is 45.2 Å². The summed E-state index contributed by atoms with van der Waals surface area (Å²) in [6.45, 7) is 7.36. The number of hydrogen-bond donors (Lipinski definition) is 2. The van der Waals surface area contributed by atoms with E-state index in [1.807, 2.05) is 18.2 Å². The molecule has 0 aliphatic carbocycles. The maximum Gasteiger partial charge on any atom is 0.0982 e. The van der Waals surface area contributed by atoms with E-state index in [1.165, 1.54) is 5.56 Å². The van der Waals surface area contributed by atoms with Crippen LogP contribution in [-0.2, 0) is 18.4 Å². The van der Waals surface area contributed by atoms with Gasteiger partial charge >= 0.3 is 0 Å². The molecule has 0 aliphatic heterocycles. The second-order valence-corrected chi connectivity index (χ2v) is 7.20. The van der Waals surface area contributed by atoms with Gasteiger partial charge in [0.2, 0.25) is 0 Å². The highest BCUT2D eigenvalue weighted by atomic mass is 32.1. The standard InChI is InChI=1S/C17H24N2OS/c1-17(2,3)16-19-15(12-21-16)10-18-14(11-20)9-13-7-5-4-6-8-13/h4-8,12,14,18,20H,9-11H2,1-3H3. The third-order valence-electron chi connectivity index (χ3n) is 3.31. The number of rotatable bonds is 6. The lowest BCUT2D eigenvalue weighted by atomic mass is 9.98. The SMILES string of the molecule is CC(C)(C)c1nc(CNC(CO)Cc2ccccc2)cs1. The third-order valence-corrected chi connectivity index (χ3v) is 4.63. The van der Waals surface area contributed by atoms with E-state index in [0.717, 1.165) is 17.1 Å². The van der Waals surface area contributed by atoms with E-state index in [2.05, 4.69) is 48.6 Å². The number of aliphatic hydroxyl groups is 1. The molecule has 1 aromatic carbocycles. The minimum Gasteiger partial charge on any atom is -0.395 e. The van der Waals surface area contributed by atoms with Gasteiger partial charge in [-0.3, -0.25) is 0 Å². The van der Waals surface area contributed by atoms with E-state index in [0.29, 0.717) is 6.54 Å². The summed E-state index contributed by atoms with van der Waals surface area (Å²) in [7, 11) is 0. The third kappa shape index (κ3) is 4.92. The fraction of sp³-hybridized carbons (Fsp3) is 0.471. The van der Waals surface area contributed by atoms with Gasteiger partial charge in [0.05, 0.1) is 17.3 Å². The predicted octanol–water partition coefficient (Wildman–Crippen LogP) is 3.13. The van der Waals surface area contributed by atoms with Crippen LogP contribution in [-0.4, -0.2) is 22.7 Å². The first-order valence-electron chi connectivity index (χ1n) is 7.32. The second-order valence-electron chi connectivity index (χ2n) is 6.34. The molecule has 21 heavy (non-hydrogen) atoms. The Bertz CT molecular complexity index is 545.